The fraction of sp³-hybridized carbons (Fsp3) is 0.357. The Labute approximate surface area is 113 Å². The molecule has 0 atom stereocenters. The third-order valence-corrected chi connectivity index (χ3v) is 2.91. The van der Waals surface area contributed by atoms with Crippen LogP contribution in [0.3, 0.4) is 0 Å². The van der Waals surface area contributed by atoms with Crippen molar-refractivity contribution in [1.82, 2.24) is 15.3 Å². The van der Waals surface area contributed by atoms with E-state index in [1.165, 1.54) is 0 Å². The Morgan fingerprint density at radius 1 is 1.28 bits per heavy atom. The van der Waals surface area contributed by atoms with Crippen molar-refractivity contribution >= 4 is 11.6 Å². The molecule has 0 spiro atoms. The van der Waals surface area contributed by atoms with Crippen molar-refractivity contribution in [3.8, 4) is 11.3 Å². The van der Waals surface area contributed by atoms with E-state index < -0.39 is 0 Å². The second kappa shape index (κ2) is 5.12. The first kappa shape index (κ1) is 13.1. The molecule has 0 aliphatic rings. The molecular formula is C14H18ClN3. The Bertz CT molecular complexity index is 526. The third kappa shape index (κ3) is 3.34. The molecule has 1 aromatic carbocycles. The van der Waals surface area contributed by atoms with Gasteiger partial charge in [0.1, 0.15) is 5.82 Å². The van der Waals surface area contributed by atoms with E-state index in [0.717, 1.165) is 22.1 Å². The van der Waals surface area contributed by atoms with Gasteiger partial charge in [0.2, 0.25) is 0 Å². The van der Waals surface area contributed by atoms with Gasteiger partial charge in [-0.25, -0.2) is 4.98 Å². The summed E-state index contributed by atoms with van der Waals surface area (Å²) in [5.74, 6) is 0.917. The summed E-state index contributed by atoms with van der Waals surface area (Å²) >= 11 is 6.15. The predicted octanol–water partition coefficient (Wildman–Crippen LogP) is 3.62. The van der Waals surface area contributed by atoms with Crippen molar-refractivity contribution in [3.05, 3.63) is 41.3 Å². The largest absolute Gasteiger partial charge is 0.341 e. The number of nitrogens with zero attached hydrogens (tertiary/aromatic N) is 1. The molecule has 3 nitrogen and oxygen atoms in total. The number of nitrogens with one attached hydrogen (secondary N) is 2. The molecule has 1 heterocycles. The highest BCUT2D eigenvalue weighted by Crippen LogP contribution is 2.25. The van der Waals surface area contributed by atoms with Gasteiger partial charge in [0.05, 0.1) is 18.4 Å². The summed E-state index contributed by atoms with van der Waals surface area (Å²) in [5.41, 5.74) is 2.01. The summed E-state index contributed by atoms with van der Waals surface area (Å²) < 4.78 is 0. The third-order valence-electron chi connectivity index (χ3n) is 2.58. The van der Waals surface area contributed by atoms with E-state index in [1.807, 2.05) is 30.5 Å². The highest BCUT2D eigenvalue weighted by atomic mass is 35.5. The van der Waals surface area contributed by atoms with Crippen LogP contribution in [0.4, 0.5) is 0 Å². The zero-order valence-corrected chi connectivity index (χ0v) is 11.7. The van der Waals surface area contributed by atoms with Crippen LogP contribution in [-0.2, 0) is 6.54 Å². The molecule has 0 saturated carbocycles. The van der Waals surface area contributed by atoms with Gasteiger partial charge in [-0.1, -0.05) is 29.8 Å². The molecule has 0 unspecified atom stereocenters. The van der Waals surface area contributed by atoms with Gasteiger partial charge in [0, 0.05) is 16.1 Å². The van der Waals surface area contributed by atoms with Gasteiger partial charge in [-0.05, 0) is 26.8 Å². The second-order valence-corrected chi connectivity index (χ2v) is 5.73. The van der Waals surface area contributed by atoms with E-state index in [1.54, 1.807) is 0 Å². The minimum Gasteiger partial charge on any atom is -0.341 e. The molecule has 2 N–H and O–H groups in total. The average Bonchev–Trinajstić information content (AvgIpc) is 2.75. The highest BCUT2D eigenvalue weighted by molar-refractivity contribution is 6.33. The molecule has 0 radical (unpaired) electrons. The lowest BCUT2D eigenvalue weighted by molar-refractivity contribution is 0.418. The predicted molar refractivity (Wildman–Crippen MR) is 75.6 cm³/mol. The number of hydrogen-bond acceptors (Lipinski definition) is 2. The molecule has 2 rings (SSSR count). The van der Waals surface area contributed by atoms with E-state index in [4.69, 9.17) is 11.6 Å². The van der Waals surface area contributed by atoms with Crippen LogP contribution < -0.4 is 5.32 Å². The summed E-state index contributed by atoms with van der Waals surface area (Å²) in [6.07, 6.45) is 1.82. The van der Waals surface area contributed by atoms with Gasteiger partial charge in [-0.3, -0.25) is 0 Å². The fourth-order valence-electron chi connectivity index (χ4n) is 1.62. The van der Waals surface area contributed by atoms with E-state index >= 15 is 0 Å². The minimum absolute atomic E-state index is 0.0807. The quantitative estimate of drug-likeness (QED) is 0.888. The Morgan fingerprint density at radius 2 is 2.00 bits per heavy atom. The maximum absolute atomic E-state index is 6.15. The molecule has 1 aromatic heterocycles. The van der Waals surface area contributed by atoms with E-state index in [0.29, 0.717) is 6.54 Å². The SMILES string of the molecule is CC(C)(C)NCc1ncc(-c2ccccc2Cl)[nH]1. The number of imidazole rings is 1. The van der Waals surface area contributed by atoms with Gasteiger partial charge in [0.25, 0.3) is 0 Å². The lowest BCUT2D eigenvalue weighted by Crippen LogP contribution is -2.35. The second-order valence-electron chi connectivity index (χ2n) is 5.33. The minimum atomic E-state index is 0.0807. The highest BCUT2D eigenvalue weighted by Gasteiger charge is 2.11. The molecule has 4 heteroatoms. The van der Waals surface area contributed by atoms with Gasteiger partial charge in [-0.2, -0.15) is 0 Å². The number of hydrogen-bond donors (Lipinski definition) is 2. The van der Waals surface area contributed by atoms with Crippen molar-refractivity contribution in [3.63, 3.8) is 0 Å². The summed E-state index contributed by atoms with van der Waals surface area (Å²) in [6.45, 7) is 7.11. The van der Waals surface area contributed by atoms with Crippen LogP contribution in [0.25, 0.3) is 11.3 Å². The standard InChI is InChI=1S/C14H18ClN3/c1-14(2,3)17-9-13-16-8-12(18-13)10-6-4-5-7-11(10)15/h4-8,17H,9H2,1-3H3,(H,16,18). The first-order valence-corrected chi connectivity index (χ1v) is 6.37. The smallest absolute Gasteiger partial charge is 0.120 e. The molecule has 0 amide bonds. The summed E-state index contributed by atoms with van der Waals surface area (Å²) in [7, 11) is 0. The molecule has 2 aromatic rings. The van der Waals surface area contributed by atoms with Crippen LogP contribution in [-0.4, -0.2) is 15.5 Å². The molecule has 0 saturated heterocycles. The van der Waals surface area contributed by atoms with Gasteiger partial charge in [0.15, 0.2) is 0 Å². The van der Waals surface area contributed by atoms with Crippen LogP contribution in [0.2, 0.25) is 5.02 Å². The topological polar surface area (TPSA) is 40.7 Å². The molecule has 0 aliphatic carbocycles. The molecule has 0 aliphatic heterocycles. The van der Waals surface area contributed by atoms with Crippen molar-refractivity contribution < 1.29 is 0 Å². The lowest BCUT2D eigenvalue weighted by atomic mass is 10.1. The zero-order chi connectivity index (χ0) is 13.2. The first-order valence-electron chi connectivity index (χ1n) is 5.99. The lowest BCUT2D eigenvalue weighted by Gasteiger charge is -2.19. The Hall–Kier alpha value is -1.32. The van der Waals surface area contributed by atoms with E-state index in [2.05, 4.69) is 36.1 Å². The van der Waals surface area contributed by atoms with Crippen molar-refractivity contribution in [2.45, 2.75) is 32.9 Å². The summed E-state index contributed by atoms with van der Waals surface area (Å²) in [4.78, 5) is 7.64. The number of rotatable bonds is 3. The molecule has 0 fully saturated rings. The fourth-order valence-corrected chi connectivity index (χ4v) is 1.86. The van der Waals surface area contributed by atoms with Crippen LogP contribution in [0.15, 0.2) is 30.5 Å². The average molecular weight is 264 g/mol. The normalized spacial score (nSPS) is 11.8. The van der Waals surface area contributed by atoms with Crippen LogP contribution in [0.1, 0.15) is 26.6 Å². The van der Waals surface area contributed by atoms with E-state index in [-0.39, 0.29) is 5.54 Å². The number of aromatic amines is 1. The molecule has 0 bridgehead atoms. The summed E-state index contributed by atoms with van der Waals surface area (Å²) in [5, 5.41) is 4.12. The van der Waals surface area contributed by atoms with Gasteiger partial charge >= 0.3 is 0 Å². The molecule has 18 heavy (non-hydrogen) atoms. The van der Waals surface area contributed by atoms with Gasteiger partial charge in [-0.15, -0.1) is 0 Å². The van der Waals surface area contributed by atoms with Crippen molar-refractivity contribution in [2.75, 3.05) is 0 Å². The summed E-state index contributed by atoms with van der Waals surface area (Å²) in [6, 6.07) is 7.75. The molecular weight excluding hydrogens is 246 g/mol. The van der Waals surface area contributed by atoms with Crippen LogP contribution >= 0.6 is 11.6 Å². The zero-order valence-electron chi connectivity index (χ0n) is 10.9. The number of aromatic nitrogens is 2. The number of halogens is 1. The maximum atomic E-state index is 6.15. The van der Waals surface area contributed by atoms with Crippen molar-refractivity contribution in [1.29, 1.82) is 0 Å². The Kier molecular flexibility index (Phi) is 3.73. The number of H-pyrrole nitrogens is 1. The molecule has 96 valence electrons. The van der Waals surface area contributed by atoms with Crippen molar-refractivity contribution in [2.24, 2.45) is 0 Å². The number of benzene rings is 1. The Morgan fingerprint density at radius 3 is 2.67 bits per heavy atom. The van der Waals surface area contributed by atoms with Gasteiger partial charge < -0.3 is 10.3 Å². The Balaban J connectivity index is 2.14. The monoisotopic (exact) mass is 263 g/mol. The van der Waals surface area contributed by atoms with Crippen LogP contribution in [0, 0.1) is 0 Å². The van der Waals surface area contributed by atoms with E-state index in [9.17, 15) is 0 Å². The first-order chi connectivity index (χ1) is 8.46. The maximum Gasteiger partial charge on any atom is 0.120 e. The van der Waals surface area contributed by atoms with Crippen LogP contribution in [0.5, 0.6) is 0 Å².